The van der Waals surface area contributed by atoms with Crippen molar-refractivity contribution in [2.24, 2.45) is 0 Å². The molecular weight excluding hydrogens is 361 g/mol. The first-order valence-corrected chi connectivity index (χ1v) is 8.91. The second-order valence-electron chi connectivity index (χ2n) is 5.64. The molecule has 0 bridgehead atoms. The molecule has 1 atom stereocenters. The molecule has 0 aliphatic carbocycles. The van der Waals surface area contributed by atoms with Gasteiger partial charge < -0.3 is 19.9 Å². The average molecular weight is 384 g/mol. The number of rotatable bonds is 9. The SMILES string of the molecule is CC[C@H](CO)NCc1cccc(OC)c1OCc1ccc(Cl)cc1Cl. The van der Waals surface area contributed by atoms with E-state index in [9.17, 15) is 5.11 Å². The highest BCUT2D eigenvalue weighted by molar-refractivity contribution is 6.35. The summed E-state index contributed by atoms with van der Waals surface area (Å²) in [6, 6.07) is 11.1. The van der Waals surface area contributed by atoms with Crippen LogP contribution in [-0.2, 0) is 13.2 Å². The molecule has 0 heterocycles. The molecule has 2 N–H and O–H groups in total. The van der Waals surface area contributed by atoms with Crippen molar-refractivity contribution in [3.63, 3.8) is 0 Å². The molecule has 4 nitrogen and oxygen atoms in total. The van der Waals surface area contributed by atoms with Crippen molar-refractivity contribution in [2.45, 2.75) is 32.5 Å². The zero-order valence-electron chi connectivity index (χ0n) is 14.4. The number of para-hydroxylation sites is 1. The Labute approximate surface area is 158 Å². The van der Waals surface area contributed by atoms with E-state index in [1.54, 1.807) is 19.2 Å². The van der Waals surface area contributed by atoms with E-state index < -0.39 is 0 Å². The Morgan fingerprint density at radius 2 is 1.96 bits per heavy atom. The van der Waals surface area contributed by atoms with E-state index in [1.165, 1.54) is 0 Å². The second-order valence-corrected chi connectivity index (χ2v) is 6.49. The number of hydrogen-bond acceptors (Lipinski definition) is 4. The van der Waals surface area contributed by atoms with Crippen LogP contribution in [-0.4, -0.2) is 24.9 Å². The fourth-order valence-corrected chi connectivity index (χ4v) is 2.87. The molecule has 25 heavy (non-hydrogen) atoms. The Kier molecular flexibility index (Phi) is 7.85. The van der Waals surface area contributed by atoms with Crippen LogP contribution in [0.4, 0.5) is 0 Å². The average Bonchev–Trinajstić information content (AvgIpc) is 2.62. The number of benzene rings is 2. The van der Waals surface area contributed by atoms with E-state index in [0.29, 0.717) is 34.7 Å². The quantitative estimate of drug-likeness (QED) is 0.671. The monoisotopic (exact) mass is 383 g/mol. The van der Waals surface area contributed by atoms with Gasteiger partial charge >= 0.3 is 0 Å². The van der Waals surface area contributed by atoms with Gasteiger partial charge in [-0.15, -0.1) is 0 Å². The maximum absolute atomic E-state index is 9.34. The molecule has 2 aromatic carbocycles. The molecule has 2 rings (SSSR count). The van der Waals surface area contributed by atoms with Gasteiger partial charge in [0.2, 0.25) is 0 Å². The molecule has 0 aromatic heterocycles. The largest absolute Gasteiger partial charge is 0.493 e. The highest BCUT2D eigenvalue weighted by Crippen LogP contribution is 2.32. The fraction of sp³-hybridized carbons (Fsp3) is 0.368. The number of ether oxygens (including phenoxy) is 2. The van der Waals surface area contributed by atoms with Crippen LogP contribution in [0.3, 0.4) is 0 Å². The lowest BCUT2D eigenvalue weighted by Crippen LogP contribution is -2.31. The third kappa shape index (κ3) is 5.51. The van der Waals surface area contributed by atoms with Crippen molar-refractivity contribution >= 4 is 23.2 Å². The zero-order chi connectivity index (χ0) is 18.2. The summed E-state index contributed by atoms with van der Waals surface area (Å²) in [6.07, 6.45) is 0.844. The maximum Gasteiger partial charge on any atom is 0.166 e. The Morgan fingerprint density at radius 3 is 2.60 bits per heavy atom. The maximum atomic E-state index is 9.34. The lowest BCUT2D eigenvalue weighted by Gasteiger charge is -2.18. The number of nitrogens with one attached hydrogen (secondary N) is 1. The van der Waals surface area contributed by atoms with E-state index in [1.807, 2.05) is 31.2 Å². The van der Waals surface area contributed by atoms with Crippen LogP contribution in [0.15, 0.2) is 36.4 Å². The molecule has 0 fully saturated rings. The van der Waals surface area contributed by atoms with Gasteiger partial charge in [0, 0.05) is 33.8 Å². The van der Waals surface area contributed by atoms with E-state index in [0.717, 1.165) is 17.5 Å². The van der Waals surface area contributed by atoms with Crippen molar-refractivity contribution in [1.29, 1.82) is 0 Å². The summed E-state index contributed by atoms with van der Waals surface area (Å²) in [7, 11) is 1.61. The smallest absolute Gasteiger partial charge is 0.166 e. The van der Waals surface area contributed by atoms with Crippen molar-refractivity contribution in [3.05, 3.63) is 57.6 Å². The normalized spacial score (nSPS) is 12.0. The highest BCUT2D eigenvalue weighted by atomic mass is 35.5. The van der Waals surface area contributed by atoms with Crippen LogP contribution in [0.1, 0.15) is 24.5 Å². The number of methoxy groups -OCH3 is 1. The van der Waals surface area contributed by atoms with E-state index in [2.05, 4.69) is 5.32 Å². The van der Waals surface area contributed by atoms with Crippen molar-refractivity contribution < 1.29 is 14.6 Å². The van der Waals surface area contributed by atoms with Gasteiger partial charge in [-0.1, -0.05) is 48.3 Å². The van der Waals surface area contributed by atoms with Crippen LogP contribution < -0.4 is 14.8 Å². The standard InChI is InChI=1S/C19H23Cl2NO3/c1-3-16(11-23)22-10-13-5-4-6-18(24-2)19(13)25-12-14-7-8-15(20)9-17(14)21/h4-9,16,22-23H,3,10-12H2,1-2H3/t16-/m1/s1. The minimum absolute atomic E-state index is 0.0461. The third-order valence-electron chi connectivity index (χ3n) is 3.96. The van der Waals surface area contributed by atoms with Gasteiger partial charge in [-0.3, -0.25) is 0 Å². The first-order chi connectivity index (χ1) is 12.1. The highest BCUT2D eigenvalue weighted by Gasteiger charge is 2.13. The Hall–Kier alpha value is -1.46. The van der Waals surface area contributed by atoms with Crippen molar-refractivity contribution in [1.82, 2.24) is 5.32 Å². The van der Waals surface area contributed by atoms with E-state index >= 15 is 0 Å². The van der Waals surface area contributed by atoms with Gasteiger partial charge in [0.05, 0.1) is 13.7 Å². The lowest BCUT2D eigenvalue weighted by atomic mass is 10.1. The van der Waals surface area contributed by atoms with Gasteiger partial charge in [0.1, 0.15) is 6.61 Å². The Morgan fingerprint density at radius 1 is 1.16 bits per heavy atom. The third-order valence-corrected chi connectivity index (χ3v) is 4.55. The molecule has 136 valence electrons. The fourth-order valence-electron chi connectivity index (χ4n) is 2.41. The van der Waals surface area contributed by atoms with Gasteiger partial charge in [0.15, 0.2) is 11.5 Å². The molecule has 0 unspecified atom stereocenters. The minimum Gasteiger partial charge on any atom is -0.493 e. The number of halogens is 2. The van der Waals surface area contributed by atoms with Crippen LogP contribution >= 0.6 is 23.2 Å². The van der Waals surface area contributed by atoms with Gasteiger partial charge in [-0.2, -0.15) is 0 Å². The molecule has 0 aliphatic heterocycles. The summed E-state index contributed by atoms with van der Waals surface area (Å²) in [5.74, 6) is 1.32. The molecule has 0 spiro atoms. The Balaban J connectivity index is 2.16. The van der Waals surface area contributed by atoms with E-state index in [-0.39, 0.29) is 12.6 Å². The predicted molar refractivity (Wildman–Crippen MR) is 102 cm³/mol. The molecule has 0 aliphatic rings. The molecule has 2 aromatic rings. The molecule has 0 amide bonds. The first-order valence-electron chi connectivity index (χ1n) is 8.15. The molecule has 6 heteroatoms. The summed E-state index contributed by atoms with van der Waals surface area (Å²) >= 11 is 12.1. The molecule has 0 saturated heterocycles. The van der Waals surface area contributed by atoms with Gasteiger partial charge in [-0.25, -0.2) is 0 Å². The summed E-state index contributed by atoms with van der Waals surface area (Å²) in [4.78, 5) is 0. The minimum atomic E-state index is 0.0461. The van der Waals surface area contributed by atoms with Crippen molar-refractivity contribution in [3.8, 4) is 11.5 Å². The summed E-state index contributed by atoms with van der Waals surface area (Å²) in [6.45, 7) is 3.00. The molecule has 0 saturated carbocycles. The number of aliphatic hydroxyl groups is 1. The zero-order valence-corrected chi connectivity index (χ0v) is 15.9. The lowest BCUT2D eigenvalue weighted by molar-refractivity contribution is 0.236. The summed E-state index contributed by atoms with van der Waals surface area (Å²) in [5, 5.41) is 13.8. The second kappa shape index (κ2) is 9.88. The molecular formula is C19H23Cl2NO3. The summed E-state index contributed by atoms with van der Waals surface area (Å²) < 4.78 is 11.4. The van der Waals surface area contributed by atoms with Crippen LogP contribution in [0.25, 0.3) is 0 Å². The molecule has 0 radical (unpaired) electrons. The Bertz CT molecular complexity index is 690. The van der Waals surface area contributed by atoms with Crippen LogP contribution in [0, 0.1) is 0 Å². The van der Waals surface area contributed by atoms with Gasteiger partial charge in [0.25, 0.3) is 0 Å². The van der Waals surface area contributed by atoms with Crippen LogP contribution in [0.2, 0.25) is 10.0 Å². The topological polar surface area (TPSA) is 50.7 Å². The number of hydrogen-bond donors (Lipinski definition) is 2. The summed E-state index contributed by atoms with van der Waals surface area (Å²) in [5.41, 5.74) is 1.80. The van der Waals surface area contributed by atoms with Gasteiger partial charge in [-0.05, 0) is 24.6 Å². The van der Waals surface area contributed by atoms with Crippen LogP contribution in [0.5, 0.6) is 11.5 Å². The first kappa shape index (κ1) is 19.9. The predicted octanol–water partition coefficient (Wildman–Crippen LogP) is 4.44. The van der Waals surface area contributed by atoms with Crippen molar-refractivity contribution in [2.75, 3.05) is 13.7 Å². The number of aliphatic hydroxyl groups excluding tert-OH is 1. The van der Waals surface area contributed by atoms with E-state index in [4.69, 9.17) is 32.7 Å².